The number of nitrogens with one attached hydrogen (secondary N) is 1. The first-order chi connectivity index (χ1) is 15.5. The minimum atomic E-state index is 0.0985. The molecule has 9 nitrogen and oxygen atoms in total. The van der Waals surface area contributed by atoms with Crippen LogP contribution in [-0.4, -0.2) is 61.1 Å². The number of methoxy groups -OCH3 is 1. The Morgan fingerprint density at radius 3 is 2.91 bits per heavy atom. The van der Waals surface area contributed by atoms with Crippen LogP contribution in [0.4, 0.5) is 0 Å². The number of carbonyl (C=O) groups is 1. The van der Waals surface area contributed by atoms with Gasteiger partial charge in [0.1, 0.15) is 5.65 Å². The van der Waals surface area contributed by atoms with Crippen molar-refractivity contribution in [1.82, 2.24) is 34.4 Å². The fraction of sp³-hybridized carbons (Fsp3) is 0.391. The number of H-pyrrole nitrogens is 1. The van der Waals surface area contributed by atoms with E-state index in [0.717, 1.165) is 51.1 Å². The highest BCUT2D eigenvalue weighted by Gasteiger charge is 2.20. The average Bonchev–Trinajstić information content (AvgIpc) is 3.47. The maximum absolute atomic E-state index is 12.8. The molecule has 32 heavy (non-hydrogen) atoms. The molecule has 1 aliphatic heterocycles. The third-order valence-electron chi connectivity index (χ3n) is 6.03. The second-order valence-electron chi connectivity index (χ2n) is 8.31. The highest BCUT2D eigenvalue weighted by atomic mass is 16.5. The number of hydrogen-bond acceptors (Lipinski definition) is 5. The van der Waals surface area contributed by atoms with Gasteiger partial charge in [-0.25, -0.2) is 4.98 Å². The van der Waals surface area contributed by atoms with E-state index in [1.165, 1.54) is 0 Å². The summed E-state index contributed by atoms with van der Waals surface area (Å²) in [5.74, 6) is 0.0985. The molecule has 5 heterocycles. The van der Waals surface area contributed by atoms with E-state index in [9.17, 15) is 4.79 Å². The molecule has 1 N–H and O–H groups in total. The molecule has 0 saturated heterocycles. The summed E-state index contributed by atoms with van der Waals surface area (Å²) < 4.78 is 9.04. The van der Waals surface area contributed by atoms with Crippen molar-refractivity contribution in [3.05, 3.63) is 42.2 Å². The third kappa shape index (κ3) is 3.69. The second-order valence-corrected chi connectivity index (χ2v) is 8.31. The minimum absolute atomic E-state index is 0.0985. The summed E-state index contributed by atoms with van der Waals surface area (Å²) in [5.41, 5.74) is 6.74. The summed E-state index contributed by atoms with van der Waals surface area (Å²) in [6, 6.07) is 2.15. The normalized spacial score (nSPS) is 14.6. The molecule has 0 aromatic carbocycles. The molecule has 4 aromatic heterocycles. The topological polar surface area (TPSA) is 93.9 Å². The predicted molar refractivity (Wildman–Crippen MR) is 121 cm³/mol. The van der Waals surface area contributed by atoms with Gasteiger partial charge in [-0.2, -0.15) is 10.2 Å². The molecule has 1 aliphatic rings. The Morgan fingerprint density at radius 2 is 2.06 bits per heavy atom. The maximum atomic E-state index is 12.8. The van der Waals surface area contributed by atoms with E-state index in [1.54, 1.807) is 12.0 Å². The van der Waals surface area contributed by atoms with E-state index in [4.69, 9.17) is 9.84 Å². The Hall–Kier alpha value is -3.46. The zero-order valence-corrected chi connectivity index (χ0v) is 18.6. The molecular formula is C23H27N7O2. The fourth-order valence-electron chi connectivity index (χ4n) is 4.28. The molecule has 9 heteroatoms. The Bertz CT molecular complexity index is 1280. The number of fused-ring (bicyclic) bond motifs is 6. The van der Waals surface area contributed by atoms with Crippen LogP contribution >= 0.6 is 0 Å². The van der Waals surface area contributed by atoms with E-state index < -0.39 is 0 Å². The Kier molecular flexibility index (Phi) is 5.26. The van der Waals surface area contributed by atoms with Crippen LogP contribution in [0, 0.1) is 6.92 Å². The van der Waals surface area contributed by atoms with Crippen LogP contribution < -0.4 is 0 Å². The van der Waals surface area contributed by atoms with Crippen LogP contribution in [0.25, 0.3) is 33.3 Å². The van der Waals surface area contributed by atoms with Crippen molar-refractivity contribution in [3.63, 3.8) is 0 Å². The number of rotatable bonds is 3. The van der Waals surface area contributed by atoms with Crippen LogP contribution in [0.1, 0.15) is 24.2 Å². The standard InChI is InChI=1S/C23H27N7O2/c1-15-19-12-29(26-15)6-4-5-22(31)28(2)14-21-20(13-30(27-21)7-8-32-3)16-9-17-18(19)11-25-23(17)24-10-16/h9-13H,4-8,14H2,1-3H3,(H,24,25). The molecule has 5 rings (SSSR count). The molecule has 0 aliphatic carbocycles. The predicted octanol–water partition coefficient (Wildman–Crippen LogP) is 3.00. The van der Waals surface area contributed by atoms with Crippen LogP contribution in [0.2, 0.25) is 0 Å². The lowest BCUT2D eigenvalue weighted by Gasteiger charge is -2.17. The van der Waals surface area contributed by atoms with Crippen molar-refractivity contribution in [3.8, 4) is 22.3 Å². The van der Waals surface area contributed by atoms with E-state index in [0.29, 0.717) is 32.7 Å². The zero-order valence-electron chi connectivity index (χ0n) is 18.6. The first-order valence-electron chi connectivity index (χ1n) is 10.8. The van der Waals surface area contributed by atoms with Crippen molar-refractivity contribution in [2.45, 2.75) is 39.4 Å². The number of hydrogen-bond donors (Lipinski definition) is 1. The van der Waals surface area contributed by atoms with Gasteiger partial charge in [-0.3, -0.25) is 14.2 Å². The lowest BCUT2D eigenvalue weighted by Crippen LogP contribution is -2.26. The number of aryl methyl sites for hydroxylation is 2. The molecule has 4 bridgehead atoms. The van der Waals surface area contributed by atoms with Gasteiger partial charge in [0, 0.05) is 79.6 Å². The monoisotopic (exact) mass is 433 g/mol. The first kappa shape index (κ1) is 20.4. The molecular weight excluding hydrogens is 406 g/mol. The number of ether oxygens (including phenoxy) is 1. The van der Waals surface area contributed by atoms with Gasteiger partial charge in [-0.1, -0.05) is 0 Å². The Morgan fingerprint density at radius 1 is 1.19 bits per heavy atom. The SMILES string of the molecule is COCCn1cc2c(n1)CN(C)C(=O)CCCn1cc(c(C)n1)-c1c[nH]c3ncc-2cc13. The van der Waals surface area contributed by atoms with Gasteiger partial charge in [0.05, 0.1) is 31.1 Å². The maximum Gasteiger partial charge on any atom is 0.222 e. The summed E-state index contributed by atoms with van der Waals surface area (Å²) in [5, 5.41) is 10.5. The minimum Gasteiger partial charge on any atom is -0.383 e. The highest BCUT2D eigenvalue weighted by Crippen LogP contribution is 2.33. The molecule has 0 spiro atoms. The number of pyridine rings is 1. The van der Waals surface area contributed by atoms with Crippen LogP contribution in [0.5, 0.6) is 0 Å². The number of carbonyl (C=O) groups excluding carboxylic acids is 1. The summed E-state index contributed by atoms with van der Waals surface area (Å²) in [4.78, 5) is 22.5. The molecule has 0 fully saturated rings. The number of nitrogens with zero attached hydrogens (tertiary/aromatic N) is 6. The summed E-state index contributed by atoms with van der Waals surface area (Å²) in [6.07, 6.45) is 9.13. The number of amides is 1. The third-order valence-corrected chi connectivity index (χ3v) is 6.03. The highest BCUT2D eigenvalue weighted by molar-refractivity contribution is 5.96. The molecule has 0 unspecified atom stereocenters. The fourth-order valence-corrected chi connectivity index (χ4v) is 4.28. The van der Waals surface area contributed by atoms with Gasteiger partial charge >= 0.3 is 0 Å². The van der Waals surface area contributed by atoms with Gasteiger partial charge < -0.3 is 14.6 Å². The van der Waals surface area contributed by atoms with Gasteiger partial charge in [0.15, 0.2) is 0 Å². The van der Waals surface area contributed by atoms with Gasteiger partial charge in [-0.05, 0) is 19.4 Å². The van der Waals surface area contributed by atoms with Crippen molar-refractivity contribution in [2.24, 2.45) is 0 Å². The molecule has 0 atom stereocenters. The van der Waals surface area contributed by atoms with Gasteiger partial charge in [0.25, 0.3) is 0 Å². The second kappa shape index (κ2) is 8.23. The summed E-state index contributed by atoms with van der Waals surface area (Å²) in [6.45, 7) is 4.37. The lowest BCUT2D eigenvalue weighted by molar-refractivity contribution is -0.130. The largest absolute Gasteiger partial charge is 0.383 e. The smallest absolute Gasteiger partial charge is 0.222 e. The van der Waals surface area contributed by atoms with Gasteiger partial charge in [0.2, 0.25) is 5.91 Å². The molecule has 0 radical (unpaired) electrons. The van der Waals surface area contributed by atoms with Crippen molar-refractivity contribution >= 4 is 16.9 Å². The Balaban J connectivity index is 1.68. The molecule has 166 valence electrons. The van der Waals surface area contributed by atoms with Crippen molar-refractivity contribution < 1.29 is 9.53 Å². The van der Waals surface area contributed by atoms with E-state index >= 15 is 0 Å². The first-order valence-corrected chi connectivity index (χ1v) is 10.8. The van der Waals surface area contributed by atoms with Gasteiger partial charge in [-0.15, -0.1) is 0 Å². The van der Waals surface area contributed by atoms with E-state index in [-0.39, 0.29) is 5.91 Å². The summed E-state index contributed by atoms with van der Waals surface area (Å²) >= 11 is 0. The van der Waals surface area contributed by atoms with E-state index in [2.05, 4.69) is 27.3 Å². The quantitative estimate of drug-likeness (QED) is 0.536. The van der Waals surface area contributed by atoms with Crippen molar-refractivity contribution in [1.29, 1.82) is 0 Å². The lowest BCUT2D eigenvalue weighted by atomic mass is 10.0. The summed E-state index contributed by atoms with van der Waals surface area (Å²) in [7, 11) is 3.51. The van der Waals surface area contributed by atoms with Crippen LogP contribution in [-0.2, 0) is 29.2 Å². The molecule has 4 aromatic rings. The zero-order chi connectivity index (χ0) is 22.2. The van der Waals surface area contributed by atoms with E-state index in [1.807, 2.05) is 41.9 Å². The molecule has 1 amide bonds. The molecule has 0 saturated carbocycles. The Labute approximate surface area is 186 Å². The number of aromatic nitrogens is 6. The average molecular weight is 434 g/mol. The number of aromatic amines is 1. The van der Waals surface area contributed by atoms with Crippen LogP contribution in [0.3, 0.4) is 0 Å². The van der Waals surface area contributed by atoms with Crippen molar-refractivity contribution in [2.75, 3.05) is 20.8 Å². The van der Waals surface area contributed by atoms with Crippen LogP contribution in [0.15, 0.2) is 30.9 Å².